The summed E-state index contributed by atoms with van der Waals surface area (Å²) in [5, 5.41) is 1.19. The zero-order valence-corrected chi connectivity index (χ0v) is 16.8. The van der Waals surface area contributed by atoms with Gasteiger partial charge in [0.05, 0.1) is 22.3 Å². The number of para-hydroxylation sites is 1. The zero-order valence-electron chi connectivity index (χ0n) is 16.0. The molecule has 1 atom stereocenters. The number of halogens is 1. The average molecular weight is 399 g/mol. The average Bonchev–Trinajstić information content (AvgIpc) is 3.14. The Labute approximate surface area is 168 Å². The van der Waals surface area contributed by atoms with Crippen LogP contribution in [0.25, 0.3) is 10.2 Å². The molecule has 1 aliphatic rings. The van der Waals surface area contributed by atoms with E-state index in [0.717, 1.165) is 36.3 Å². The molecular formula is C22H25FN3OS+. The van der Waals surface area contributed by atoms with Gasteiger partial charge in [-0.3, -0.25) is 4.79 Å². The van der Waals surface area contributed by atoms with Crippen molar-refractivity contribution in [2.45, 2.75) is 25.3 Å². The Morgan fingerprint density at radius 3 is 2.64 bits per heavy atom. The van der Waals surface area contributed by atoms with Crippen LogP contribution in [0, 0.1) is 5.82 Å². The molecule has 1 N–H and O–H groups in total. The van der Waals surface area contributed by atoms with E-state index in [1.807, 2.05) is 30.1 Å². The smallest absolute Gasteiger partial charge is 0.277 e. The monoisotopic (exact) mass is 398 g/mol. The SMILES string of the molecule is C[NH+](CC(=O)N1CCC(c2nc3ccccc3s2)CC1)Cc1ccccc1F. The van der Waals surface area contributed by atoms with Crippen LogP contribution in [0.15, 0.2) is 48.5 Å². The quantitative estimate of drug-likeness (QED) is 0.718. The molecule has 0 radical (unpaired) electrons. The summed E-state index contributed by atoms with van der Waals surface area (Å²) in [6.07, 6.45) is 1.91. The van der Waals surface area contributed by atoms with Crippen molar-refractivity contribution in [3.05, 3.63) is 64.9 Å². The third-order valence-electron chi connectivity index (χ3n) is 5.41. The standard InChI is InChI=1S/C22H24FN3OS/c1-25(14-17-6-2-3-7-18(17)23)15-21(27)26-12-10-16(11-13-26)22-24-19-8-4-5-9-20(19)28-22/h2-9,16H,10-15H2,1H3/p+1. The highest BCUT2D eigenvalue weighted by atomic mass is 32.1. The third kappa shape index (κ3) is 4.23. The van der Waals surface area contributed by atoms with Crippen molar-refractivity contribution in [1.29, 1.82) is 0 Å². The number of fused-ring (bicyclic) bond motifs is 1. The number of quaternary nitrogens is 1. The van der Waals surface area contributed by atoms with Crippen molar-refractivity contribution < 1.29 is 14.1 Å². The molecule has 2 heterocycles. The fourth-order valence-corrected chi connectivity index (χ4v) is 4.98. The van der Waals surface area contributed by atoms with Crippen LogP contribution in [0.3, 0.4) is 0 Å². The highest BCUT2D eigenvalue weighted by Crippen LogP contribution is 2.33. The molecule has 1 saturated heterocycles. The van der Waals surface area contributed by atoms with E-state index < -0.39 is 0 Å². The first-order valence-electron chi connectivity index (χ1n) is 9.78. The minimum absolute atomic E-state index is 0.150. The summed E-state index contributed by atoms with van der Waals surface area (Å²) in [5.41, 5.74) is 1.72. The fraction of sp³-hybridized carbons (Fsp3) is 0.364. The number of carbonyl (C=O) groups is 1. The van der Waals surface area contributed by atoms with Gasteiger partial charge in [0.1, 0.15) is 12.4 Å². The van der Waals surface area contributed by atoms with Crippen molar-refractivity contribution >= 4 is 27.5 Å². The summed E-state index contributed by atoms with van der Waals surface area (Å²) in [4.78, 5) is 20.4. The summed E-state index contributed by atoms with van der Waals surface area (Å²) in [6, 6.07) is 15.0. The van der Waals surface area contributed by atoms with Crippen LogP contribution >= 0.6 is 11.3 Å². The fourth-order valence-electron chi connectivity index (χ4n) is 3.84. The minimum Gasteiger partial charge on any atom is -0.338 e. The normalized spacial score (nSPS) is 16.4. The predicted octanol–water partition coefficient (Wildman–Crippen LogP) is 2.86. The summed E-state index contributed by atoms with van der Waals surface area (Å²) in [5.74, 6) is 0.382. The number of amides is 1. The van der Waals surface area contributed by atoms with Gasteiger partial charge in [0.25, 0.3) is 5.91 Å². The number of hydrogen-bond donors (Lipinski definition) is 1. The lowest BCUT2D eigenvalue weighted by molar-refractivity contribution is -0.885. The second kappa shape index (κ2) is 8.37. The van der Waals surface area contributed by atoms with Gasteiger partial charge in [-0.05, 0) is 31.0 Å². The van der Waals surface area contributed by atoms with Crippen LogP contribution in [0.5, 0.6) is 0 Å². The number of nitrogens with zero attached hydrogens (tertiary/aromatic N) is 2. The van der Waals surface area contributed by atoms with Crippen LogP contribution in [0.2, 0.25) is 0 Å². The lowest BCUT2D eigenvalue weighted by Crippen LogP contribution is -3.09. The number of carbonyl (C=O) groups excluding carboxylic acids is 1. The van der Waals surface area contributed by atoms with Gasteiger partial charge in [-0.15, -0.1) is 11.3 Å². The molecule has 1 aromatic heterocycles. The number of aromatic nitrogens is 1. The highest BCUT2D eigenvalue weighted by molar-refractivity contribution is 7.18. The Bertz CT molecular complexity index is 932. The molecule has 1 unspecified atom stereocenters. The van der Waals surface area contributed by atoms with E-state index in [4.69, 9.17) is 4.98 Å². The minimum atomic E-state index is -0.203. The van der Waals surface area contributed by atoms with E-state index in [9.17, 15) is 9.18 Å². The molecular weight excluding hydrogens is 373 g/mol. The van der Waals surface area contributed by atoms with Crippen LogP contribution in [-0.4, -0.2) is 42.5 Å². The molecule has 0 spiro atoms. The van der Waals surface area contributed by atoms with Gasteiger partial charge in [-0.2, -0.15) is 0 Å². The molecule has 3 aromatic rings. The van der Waals surface area contributed by atoms with E-state index in [0.29, 0.717) is 24.6 Å². The maximum atomic E-state index is 13.8. The number of likely N-dealkylation sites (tertiary alicyclic amines) is 1. The Hall–Kier alpha value is -2.31. The van der Waals surface area contributed by atoms with Gasteiger partial charge in [0, 0.05) is 24.6 Å². The maximum absolute atomic E-state index is 13.8. The molecule has 0 saturated carbocycles. The number of nitrogens with one attached hydrogen (secondary N) is 1. The van der Waals surface area contributed by atoms with E-state index in [1.165, 1.54) is 15.8 Å². The number of hydrogen-bond acceptors (Lipinski definition) is 3. The van der Waals surface area contributed by atoms with Gasteiger partial charge >= 0.3 is 0 Å². The van der Waals surface area contributed by atoms with E-state index in [2.05, 4.69) is 12.1 Å². The van der Waals surface area contributed by atoms with Crippen molar-refractivity contribution in [2.75, 3.05) is 26.7 Å². The Balaban J connectivity index is 1.30. The Kier molecular flexibility index (Phi) is 5.69. The lowest BCUT2D eigenvalue weighted by atomic mass is 9.97. The summed E-state index contributed by atoms with van der Waals surface area (Å²) < 4.78 is 15.0. The molecule has 146 valence electrons. The summed E-state index contributed by atoms with van der Waals surface area (Å²) >= 11 is 1.77. The van der Waals surface area contributed by atoms with Gasteiger partial charge in [-0.25, -0.2) is 9.37 Å². The topological polar surface area (TPSA) is 37.6 Å². The van der Waals surface area contributed by atoms with E-state index in [-0.39, 0.29) is 11.7 Å². The molecule has 28 heavy (non-hydrogen) atoms. The van der Waals surface area contributed by atoms with Crippen LogP contribution in [0.4, 0.5) is 4.39 Å². The summed E-state index contributed by atoms with van der Waals surface area (Å²) in [7, 11) is 1.94. The first-order chi connectivity index (χ1) is 13.6. The van der Waals surface area contributed by atoms with Gasteiger partial charge in [0.2, 0.25) is 0 Å². The predicted molar refractivity (Wildman–Crippen MR) is 110 cm³/mol. The molecule has 4 rings (SSSR count). The van der Waals surface area contributed by atoms with Crippen molar-refractivity contribution in [3.8, 4) is 0 Å². The Morgan fingerprint density at radius 2 is 1.89 bits per heavy atom. The molecule has 1 fully saturated rings. The van der Waals surface area contributed by atoms with Gasteiger partial charge in [0.15, 0.2) is 6.54 Å². The molecule has 2 aromatic carbocycles. The van der Waals surface area contributed by atoms with Crippen molar-refractivity contribution in [3.63, 3.8) is 0 Å². The number of rotatable bonds is 5. The molecule has 1 aliphatic heterocycles. The van der Waals surface area contributed by atoms with Crippen LogP contribution in [-0.2, 0) is 11.3 Å². The molecule has 6 heteroatoms. The van der Waals surface area contributed by atoms with Gasteiger partial charge in [-0.1, -0.05) is 30.3 Å². The Morgan fingerprint density at radius 1 is 1.18 bits per heavy atom. The number of thiazole rings is 1. The van der Waals surface area contributed by atoms with Gasteiger partial charge < -0.3 is 9.80 Å². The van der Waals surface area contributed by atoms with E-state index >= 15 is 0 Å². The molecule has 0 aliphatic carbocycles. The molecule has 1 amide bonds. The maximum Gasteiger partial charge on any atom is 0.277 e. The zero-order chi connectivity index (χ0) is 19.5. The van der Waals surface area contributed by atoms with Crippen LogP contribution in [0.1, 0.15) is 29.3 Å². The van der Waals surface area contributed by atoms with E-state index in [1.54, 1.807) is 23.5 Å². The first kappa shape index (κ1) is 19.0. The summed E-state index contributed by atoms with van der Waals surface area (Å²) in [6.45, 7) is 2.44. The second-order valence-electron chi connectivity index (χ2n) is 7.58. The lowest BCUT2D eigenvalue weighted by Gasteiger charge is -2.31. The van der Waals surface area contributed by atoms with Crippen LogP contribution < -0.4 is 4.90 Å². The molecule has 4 nitrogen and oxygen atoms in total. The molecule has 0 bridgehead atoms. The number of benzene rings is 2. The number of piperidine rings is 1. The van der Waals surface area contributed by atoms with Crippen molar-refractivity contribution in [2.24, 2.45) is 0 Å². The first-order valence-corrected chi connectivity index (χ1v) is 10.6. The largest absolute Gasteiger partial charge is 0.338 e. The number of likely N-dealkylation sites (N-methyl/N-ethyl adjacent to an activating group) is 1. The third-order valence-corrected chi connectivity index (χ3v) is 6.61. The van der Waals surface area contributed by atoms with Crippen molar-refractivity contribution in [1.82, 2.24) is 9.88 Å². The highest BCUT2D eigenvalue weighted by Gasteiger charge is 2.27. The second-order valence-corrected chi connectivity index (χ2v) is 8.64.